The van der Waals surface area contributed by atoms with Gasteiger partial charge in [-0.15, -0.1) is 0 Å². The van der Waals surface area contributed by atoms with Crippen molar-refractivity contribution in [3.8, 4) is 5.75 Å². The van der Waals surface area contributed by atoms with Crippen LogP contribution in [0.3, 0.4) is 0 Å². The van der Waals surface area contributed by atoms with Gasteiger partial charge in [-0.1, -0.05) is 59.6 Å². The van der Waals surface area contributed by atoms with Crippen LogP contribution in [0.1, 0.15) is 28.8 Å². The SMILES string of the molecule is COc1ccc(CN2C(=O)CO[C@@H](c3ccc(Cl)cc3)C2c2ccc(Cl)cc2)cc1. The van der Waals surface area contributed by atoms with E-state index < -0.39 is 0 Å². The zero-order valence-corrected chi connectivity index (χ0v) is 17.9. The number of nitrogens with zero attached hydrogens (tertiary/aromatic N) is 1. The summed E-state index contributed by atoms with van der Waals surface area (Å²) in [7, 11) is 1.63. The van der Waals surface area contributed by atoms with Crippen molar-refractivity contribution >= 4 is 29.1 Å². The summed E-state index contributed by atoms with van der Waals surface area (Å²) in [5.41, 5.74) is 2.94. The molecule has 2 atom stereocenters. The first kappa shape index (κ1) is 20.7. The fourth-order valence-electron chi connectivity index (χ4n) is 3.71. The average molecular weight is 442 g/mol. The number of morpholine rings is 1. The highest BCUT2D eigenvalue weighted by atomic mass is 35.5. The van der Waals surface area contributed by atoms with E-state index in [0.717, 1.165) is 22.4 Å². The summed E-state index contributed by atoms with van der Waals surface area (Å²) < 4.78 is 11.3. The number of rotatable bonds is 5. The molecular weight excluding hydrogens is 421 g/mol. The third kappa shape index (κ3) is 4.46. The Morgan fingerprint density at radius 1 is 0.900 bits per heavy atom. The van der Waals surface area contributed by atoms with Crippen molar-refractivity contribution in [2.75, 3.05) is 13.7 Å². The van der Waals surface area contributed by atoms with Gasteiger partial charge in [-0.05, 0) is 53.1 Å². The molecule has 0 aliphatic carbocycles. The van der Waals surface area contributed by atoms with Gasteiger partial charge >= 0.3 is 0 Å². The van der Waals surface area contributed by atoms with Crippen LogP contribution in [0.5, 0.6) is 5.75 Å². The zero-order chi connectivity index (χ0) is 21.1. The van der Waals surface area contributed by atoms with Gasteiger partial charge in [0.15, 0.2) is 0 Å². The highest BCUT2D eigenvalue weighted by Gasteiger charge is 2.38. The van der Waals surface area contributed by atoms with E-state index in [1.54, 1.807) is 7.11 Å². The van der Waals surface area contributed by atoms with Crippen LogP contribution in [0.2, 0.25) is 10.0 Å². The lowest BCUT2D eigenvalue weighted by Crippen LogP contribution is -2.45. The molecule has 0 spiro atoms. The van der Waals surface area contributed by atoms with E-state index in [2.05, 4.69) is 0 Å². The van der Waals surface area contributed by atoms with Crippen LogP contribution >= 0.6 is 23.2 Å². The summed E-state index contributed by atoms with van der Waals surface area (Å²) in [6, 6.07) is 22.5. The van der Waals surface area contributed by atoms with Gasteiger partial charge in [-0.2, -0.15) is 0 Å². The summed E-state index contributed by atoms with van der Waals surface area (Å²) in [5, 5.41) is 1.30. The molecule has 0 radical (unpaired) electrons. The fourth-order valence-corrected chi connectivity index (χ4v) is 3.97. The molecule has 1 amide bonds. The molecule has 0 aromatic heterocycles. The zero-order valence-electron chi connectivity index (χ0n) is 16.4. The van der Waals surface area contributed by atoms with Gasteiger partial charge in [0.2, 0.25) is 5.91 Å². The number of carbonyl (C=O) groups excluding carboxylic acids is 1. The van der Waals surface area contributed by atoms with E-state index in [9.17, 15) is 4.79 Å². The summed E-state index contributed by atoms with van der Waals surface area (Å²) >= 11 is 12.2. The lowest BCUT2D eigenvalue weighted by molar-refractivity contribution is -0.159. The minimum Gasteiger partial charge on any atom is -0.497 e. The van der Waals surface area contributed by atoms with Gasteiger partial charge in [0, 0.05) is 16.6 Å². The van der Waals surface area contributed by atoms with Crippen LogP contribution in [-0.2, 0) is 16.1 Å². The lowest BCUT2D eigenvalue weighted by Gasteiger charge is -2.41. The molecule has 1 aliphatic rings. The second-order valence-electron chi connectivity index (χ2n) is 7.15. The first-order valence-corrected chi connectivity index (χ1v) is 10.4. The van der Waals surface area contributed by atoms with Gasteiger partial charge in [0.05, 0.1) is 13.2 Å². The molecule has 0 saturated carbocycles. The number of halogens is 2. The number of ether oxygens (including phenoxy) is 2. The average Bonchev–Trinajstić information content (AvgIpc) is 2.77. The molecule has 0 N–H and O–H groups in total. The van der Waals surface area contributed by atoms with Crippen LogP contribution < -0.4 is 4.74 Å². The molecule has 3 aromatic rings. The molecule has 1 heterocycles. The summed E-state index contributed by atoms with van der Waals surface area (Å²) in [5.74, 6) is 0.719. The Bertz CT molecular complexity index is 1000. The first-order chi connectivity index (χ1) is 14.5. The van der Waals surface area contributed by atoms with Crippen molar-refractivity contribution in [3.05, 3.63) is 99.5 Å². The Morgan fingerprint density at radius 2 is 1.47 bits per heavy atom. The highest BCUT2D eigenvalue weighted by Crippen LogP contribution is 2.41. The number of carbonyl (C=O) groups is 1. The maximum atomic E-state index is 12.9. The highest BCUT2D eigenvalue weighted by molar-refractivity contribution is 6.30. The van der Waals surface area contributed by atoms with Crippen LogP contribution in [0.25, 0.3) is 0 Å². The fraction of sp³-hybridized carbons (Fsp3) is 0.208. The molecule has 1 unspecified atom stereocenters. The number of hydrogen-bond acceptors (Lipinski definition) is 3. The third-order valence-electron chi connectivity index (χ3n) is 5.25. The molecule has 3 aromatic carbocycles. The molecule has 4 rings (SSSR count). The number of methoxy groups -OCH3 is 1. The Hall–Kier alpha value is -2.53. The Kier molecular flexibility index (Phi) is 6.28. The minimum absolute atomic E-state index is 0.0214. The van der Waals surface area contributed by atoms with Crippen LogP contribution in [-0.4, -0.2) is 24.5 Å². The molecule has 0 bridgehead atoms. The maximum Gasteiger partial charge on any atom is 0.249 e. The van der Waals surface area contributed by atoms with Gasteiger partial charge in [-0.3, -0.25) is 4.79 Å². The smallest absolute Gasteiger partial charge is 0.249 e. The second kappa shape index (κ2) is 9.09. The molecule has 1 aliphatic heterocycles. The molecular formula is C24H21Cl2NO3. The van der Waals surface area contributed by atoms with E-state index in [-0.39, 0.29) is 24.7 Å². The largest absolute Gasteiger partial charge is 0.497 e. The van der Waals surface area contributed by atoms with Gasteiger partial charge in [0.25, 0.3) is 0 Å². The maximum absolute atomic E-state index is 12.9. The molecule has 30 heavy (non-hydrogen) atoms. The van der Waals surface area contributed by atoms with E-state index in [0.29, 0.717) is 16.6 Å². The van der Waals surface area contributed by atoms with Gasteiger partial charge in [-0.25, -0.2) is 0 Å². The lowest BCUT2D eigenvalue weighted by atomic mass is 9.92. The number of hydrogen-bond donors (Lipinski definition) is 0. The quantitative estimate of drug-likeness (QED) is 0.498. The number of amides is 1. The normalized spacial score (nSPS) is 19.0. The van der Waals surface area contributed by atoms with Crippen molar-refractivity contribution in [3.63, 3.8) is 0 Å². The molecule has 4 nitrogen and oxygen atoms in total. The molecule has 1 saturated heterocycles. The van der Waals surface area contributed by atoms with Crippen LogP contribution in [0, 0.1) is 0 Å². The standard InChI is InChI=1S/C24H21Cl2NO3/c1-29-21-12-2-16(3-13-21)14-27-22(28)15-30-24(18-6-10-20(26)11-7-18)23(27)17-4-8-19(25)9-5-17/h2-13,23-24H,14-15H2,1H3/t23?,24-/m0/s1. The Morgan fingerprint density at radius 3 is 2.03 bits per heavy atom. The van der Waals surface area contributed by atoms with E-state index in [1.165, 1.54) is 0 Å². The van der Waals surface area contributed by atoms with Crippen LogP contribution in [0.4, 0.5) is 0 Å². The third-order valence-corrected chi connectivity index (χ3v) is 5.76. The van der Waals surface area contributed by atoms with Gasteiger partial charge < -0.3 is 14.4 Å². The van der Waals surface area contributed by atoms with Crippen molar-refractivity contribution in [1.82, 2.24) is 4.90 Å². The topological polar surface area (TPSA) is 38.8 Å². The summed E-state index contributed by atoms with van der Waals surface area (Å²) in [4.78, 5) is 14.8. The second-order valence-corrected chi connectivity index (χ2v) is 8.02. The van der Waals surface area contributed by atoms with Gasteiger partial charge in [0.1, 0.15) is 18.5 Å². The van der Waals surface area contributed by atoms with Crippen molar-refractivity contribution in [1.29, 1.82) is 0 Å². The van der Waals surface area contributed by atoms with Crippen molar-refractivity contribution < 1.29 is 14.3 Å². The first-order valence-electron chi connectivity index (χ1n) is 9.60. The molecule has 154 valence electrons. The predicted octanol–water partition coefficient (Wildman–Crippen LogP) is 5.84. The molecule has 6 heteroatoms. The van der Waals surface area contributed by atoms with E-state index >= 15 is 0 Å². The minimum atomic E-state index is -0.320. The number of benzene rings is 3. The predicted molar refractivity (Wildman–Crippen MR) is 118 cm³/mol. The summed E-state index contributed by atoms with van der Waals surface area (Å²) in [6.45, 7) is 0.483. The van der Waals surface area contributed by atoms with E-state index in [4.69, 9.17) is 32.7 Å². The Balaban J connectivity index is 1.72. The van der Waals surface area contributed by atoms with Crippen LogP contribution in [0.15, 0.2) is 72.8 Å². The monoisotopic (exact) mass is 441 g/mol. The van der Waals surface area contributed by atoms with Crippen molar-refractivity contribution in [2.45, 2.75) is 18.7 Å². The Labute approximate surface area is 185 Å². The summed E-state index contributed by atoms with van der Waals surface area (Å²) in [6.07, 6.45) is -0.320. The molecule has 1 fully saturated rings. The van der Waals surface area contributed by atoms with Crippen molar-refractivity contribution in [2.24, 2.45) is 0 Å². The van der Waals surface area contributed by atoms with E-state index in [1.807, 2.05) is 77.7 Å².